The summed E-state index contributed by atoms with van der Waals surface area (Å²) in [5.74, 6) is 0. The third kappa shape index (κ3) is 6.25. The first-order valence-corrected chi connectivity index (χ1v) is 21.4. The van der Waals surface area contributed by atoms with Crippen molar-refractivity contribution in [2.24, 2.45) is 0 Å². The summed E-state index contributed by atoms with van der Waals surface area (Å²) < 4.78 is 0. The molecule has 8 aromatic carbocycles. The van der Waals surface area contributed by atoms with Crippen molar-refractivity contribution in [2.45, 2.75) is 69.6 Å². The van der Waals surface area contributed by atoms with Gasteiger partial charge >= 0.3 is 0 Å². The van der Waals surface area contributed by atoms with Gasteiger partial charge in [-0.15, -0.1) is 0 Å². The van der Waals surface area contributed by atoms with Gasteiger partial charge in [0, 0.05) is 27.9 Å². The molecular weight excluding hydrogens is 699 g/mol. The molecule has 0 amide bonds. The highest BCUT2D eigenvalue weighted by Gasteiger charge is 2.38. The summed E-state index contributed by atoms with van der Waals surface area (Å²) in [7, 11) is 0. The van der Waals surface area contributed by atoms with Crippen LogP contribution in [0.2, 0.25) is 0 Å². The molecule has 0 spiro atoms. The van der Waals surface area contributed by atoms with E-state index in [2.05, 4.69) is 207 Å². The molecule has 0 radical (unpaired) electrons. The zero-order chi connectivity index (χ0) is 39.1. The van der Waals surface area contributed by atoms with Crippen molar-refractivity contribution in [1.82, 2.24) is 0 Å². The molecule has 0 bridgehead atoms. The standard InChI is InChI=1S/C57H51N/c1-56(2)53-37-36-48(40-52(53)55-51(26-17-27-54(55)56)42-18-8-6-9-19-42)58(46-32-28-43(29-33-46)50-25-16-21-41-20-12-13-24-49(41)50)47-34-30-45(31-35-47)57(44-22-10-7-11-23-44)38-14-4-3-5-15-39-57/h6-13,16-37,40H,3-5,14-15,38-39H2,1-2H3. The summed E-state index contributed by atoms with van der Waals surface area (Å²) in [5, 5.41) is 2.54. The van der Waals surface area contributed by atoms with Crippen LogP contribution >= 0.6 is 0 Å². The predicted octanol–water partition coefficient (Wildman–Crippen LogP) is 16.0. The zero-order valence-corrected chi connectivity index (χ0v) is 33.8. The third-order valence-corrected chi connectivity index (χ3v) is 13.5. The number of hydrogen-bond donors (Lipinski definition) is 0. The fraction of sp³-hybridized carbons (Fsp3) is 0.193. The lowest BCUT2D eigenvalue weighted by molar-refractivity contribution is 0.366. The van der Waals surface area contributed by atoms with E-state index in [-0.39, 0.29) is 10.8 Å². The summed E-state index contributed by atoms with van der Waals surface area (Å²) >= 11 is 0. The minimum absolute atomic E-state index is 0.0296. The van der Waals surface area contributed by atoms with Crippen molar-refractivity contribution in [3.63, 3.8) is 0 Å². The molecule has 0 N–H and O–H groups in total. The van der Waals surface area contributed by atoms with Crippen LogP contribution in [0, 0.1) is 0 Å². The summed E-state index contributed by atoms with van der Waals surface area (Å²) in [4.78, 5) is 2.47. The Morgan fingerprint density at radius 1 is 0.397 bits per heavy atom. The molecule has 1 heteroatoms. The summed E-state index contributed by atoms with van der Waals surface area (Å²) in [6.07, 6.45) is 8.92. The second-order valence-electron chi connectivity index (χ2n) is 17.1. The van der Waals surface area contributed by atoms with E-state index in [1.165, 1.54) is 123 Å². The maximum atomic E-state index is 2.47. The van der Waals surface area contributed by atoms with Crippen LogP contribution in [0.25, 0.3) is 44.2 Å². The Morgan fingerprint density at radius 2 is 0.948 bits per heavy atom. The van der Waals surface area contributed by atoms with Crippen molar-refractivity contribution in [1.29, 1.82) is 0 Å². The highest BCUT2D eigenvalue weighted by Crippen LogP contribution is 2.54. The van der Waals surface area contributed by atoms with E-state index in [0.29, 0.717) is 0 Å². The molecule has 8 aromatic rings. The van der Waals surface area contributed by atoms with Gasteiger partial charge in [-0.2, -0.15) is 0 Å². The van der Waals surface area contributed by atoms with Gasteiger partial charge in [0.05, 0.1) is 0 Å². The largest absolute Gasteiger partial charge is 0.310 e. The molecule has 1 nitrogen and oxygen atoms in total. The van der Waals surface area contributed by atoms with Gasteiger partial charge in [0.15, 0.2) is 0 Å². The van der Waals surface area contributed by atoms with Crippen LogP contribution in [0.1, 0.15) is 81.0 Å². The number of nitrogens with zero attached hydrogens (tertiary/aromatic N) is 1. The Hall–Kier alpha value is -6.18. The van der Waals surface area contributed by atoms with Gasteiger partial charge in [0.2, 0.25) is 0 Å². The van der Waals surface area contributed by atoms with E-state index in [1.807, 2.05) is 0 Å². The van der Waals surface area contributed by atoms with Crippen LogP contribution < -0.4 is 4.90 Å². The Morgan fingerprint density at radius 3 is 1.69 bits per heavy atom. The van der Waals surface area contributed by atoms with Gasteiger partial charge < -0.3 is 4.90 Å². The highest BCUT2D eigenvalue weighted by atomic mass is 15.1. The minimum atomic E-state index is -0.107. The van der Waals surface area contributed by atoms with Crippen LogP contribution in [0.15, 0.2) is 188 Å². The lowest BCUT2D eigenvalue weighted by atomic mass is 9.67. The van der Waals surface area contributed by atoms with Gasteiger partial charge in [-0.3, -0.25) is 0 Å². The van der Waals surface area contributed by atoms with Crippen LogP contribution in [0.4, 0.5) is 17.1 Å². The average Bonchev–Trinajstić information content (AvgIpc) is 3.50. The van der Waals surface area contributed by atoms with Gasteiger partial charge in [0.1, 0.15) is 0 Å². The molecule has 1 fully saturated rings. The van der Waals surface area contributed by atoms with Crippen molar-refractivity contribution in [2.75, 3.05) is 4.90 Å². The van der Waals surface area contributed by atoms with E-state index >= 15 is 0 Å². The SMILES string of the molecule is CC1(C)c2ccc(N(c3ccc(-c4cccc5ccccc45)cc3)c3ccc(C4(c5ccccc5)CCCCCCC4)cc3)cc2-c2c(-c3ccccc3)cccc21. The number of anilines is 3. The summed E-state index contributed by atoms with van der Waals surface area (Å²) in [5.41, 5.74) is 16.8. The quantitative estimate of drug-likeness (QED) is 0.157. The molecule has 284 valence electrons. The molecule has 58 heavy (non-hydrogen) atoms. The molecule has 1 saturated carbocycles. The predicted molar refractivity (Wildman–Crippen MR) is 247 cm³/mol. The van der Waals surface area contributed by atoms with Crippen molar-refractivity contribution in [3.05, 3.63) is 210 Å². The normalized spacial score (nSPS) is 15.6. The average molecular weight is 750 g/mol. The summed E-state index contributed by atoms with van der Waals surface area (Å²) in [6.45, 7) is 4.76. The van der Waals surface area contributed by atoms with Gasteiger partial charge in [0.25, 0.3) is 0 Å². The van der Waals surface area contributed by atoms with E-state index < -0.39 is 0 Å². The minimum Gasteiger partial charge on any atom is -0.310 e. The Labute approximate surface area is 344 Å². The van der Waals surface area contributed by atoms with Gasteiger partial charge in [-0.05, 0) is 116 Å². The van der Waals surface area contributed by atoms with E-state index in [9.17, 15) is 0 Å². The first-order chi connectivity index (χ1) is 28.5. The third-order valence-electron chi connectivity index (χ3n) is 13.5. The van der Waals surface area contributed by atoms with Crippen molar-refractivity contribution in [3.8, 4) is 33.4 Å². The van der Waals surface area contributed by atoms with E-state index in [1.54, 1.807) is 0 Å². The number of benzene rings is 8. The Bertz CT molecular complexity index is 2690. The first-order valence-electron chi connectivity index (χ1n) is 21.4. The molecule has 0 saturated heterocycles. The molecule has 0 heterocycles. The van der Waals surface area contributed by atoms with E-state index in [4.69, 9.17) is 0 Å². The van der Waals surface area contributed by atoms with Gasteiger partial charge in [-0.1, -0.05) is 198 Å². The smallest absolute Gasteiger partial charge is 0.0468 e. The van der Waals surface area contributed by atoms with Crippen LogP contribution in [0.5, 0.6) is 0 Å². The first kappa shape index (κ1) is 36.2. The van der Waals surface area contributed by atoms with Crippen LogP contribution in [-0.4, -0.2) is 0 Å². The number of rotatable bonds is 7. The number of fused-ring (bicyclic) bond motifs is 4. The monoisotopic (exact) mass is 749 g/mol. The fourth-order valence-electron chi connectivity index (χ4n) is 10.4. The van der Waals surface area contributed by atoms with E-state index in [0.717, 1.165) is 5.69 Å². The second-order valence-corrected chi connectivity index (χ2v) is 17.1. The molecule has 0 unspecified atom stereocenters. The van der Waals surface area contributed by atoms with Crippen molar-refractivity contribution < 1.29 is 0 Å². The molecule has 0 aliphatic heterocycles. The Kier molecular flexibility index (Phi) is 9.33. The maximum Gasteiger partial charge on any atom is 0.0468 e. The number of hydrogen-bond acceptors (Lipinski definition) is 1. The molecule has 10 rings (SSSR count). The van der Waals surface area contributed by atoms with Crippen molar-refractivity contribution >= 4 is 27.8 Å². The maximum absolute atomic E-state index is 2.47. The van der Waals surface area contributed by atoms with Crippen LogP contribution in [-0.2, 0) is 10.8 Å². The van der Waals surface area contributed by atoms with Gasteiger partial charge in [-0.25, -0.2) is 0 Å². The lowest BCUT2D eigenvalue weighted by Gasteiger charge is -2.37. The fourth-order valence-corrected chi connectivity index (χ4v) is 10.4. The zero-order valence-electron chi connectivity index (χ0n) is 33.8. The molecular formula is C57H51N. The lowest BCUT2D eigenvalue weighted by Crippen LogP contribution is -2.29. The highest BCUT2D eigenvalue weighted by molar-refractivity contribution is 5.97. The molecule has 0 aromatic heterocycles. The molecule has 2 aliphatic carbocycles. The molecule has 2 aliphatic rings. The molecule has 0 atom stereocenters. The Balaban J connectivity index is 1.12. The van der Waals surface area contributed by atoms with Crippen LogP contribution in [0.3, 0.4) is 0 Å². The summed E-state index contributed by atoms with van der Waals surface area (Å²) in [6, 6.07) is 70.5. The topological polar surface area (TPSA) is 3.24 Å². The second kappa shape index (κ2) is 15.0.